The first kappa shape index (κ1) is 14.0. The molecule has 5 nitrogen and oxygen atoms in total. The van der Waals surface area contributed by atoms with Crippen LogP contribution in [0.25, 0.3) is 0 Å². The number of likely N-dealkylation sites (tertiary alicyclic amines) is 1. The number of amides is 2. The molecule has 98 valence electrons. The van der Waals surface area contributed by atoms with E-state index in [4.69, 9.17) is 11.5 Å². The molecule has 0 aliphatic carbocycles. The number of nitrogens with zero attached hydrogens (tertiary/aromatic N) is 1. The number of hydrogen-bond donors (Lipinski definition) is 2. The van der Waals surface area contributed by atoms with Crippen LogP contribution in [0, 0.1) is 11.8 Å². The van der Waals surface area contributed by atoms with Gasteiger partial charge in [-0.2, -0.15) is 0 Å². The smallest absolute Gasteiger partial charge is 0.239 e. The minimum Gasteiger partial charge on any atom is -0.369 e. The molecule has 2 amide bonds. The van der Waals surface area contributed by atoms with Crippen LogP contribution in [0.15, 0.2) is 0 Å². The molecule has 1 rings (SSSR count). The van der Waals surface area contributed by atoms with Gasteiger partial charge in [-0.15, -0.1) is 0 Å². The molecule has 5 heteroatoms. The van der Waals surface area contributed by atoms with Gasteiger partial charge in [0.2, 0.25) is 11.8 Å². The van der Waals surface area contributed by atoms with E-state index < -0.39 is 6.04 Å². The molecule has 1 heterocycles. The summed E-state index contributed by atoms with van der Waals surface area (Å²) in [5, 5.41) is 0. The van der Waals surface area contributed by atoms with Crippen molar-refractivity contribution in [1.82, 2.24) is 4.90 Å². The highest BCUT2D eigenvalue weighted by Gasteiger charge is 2.28. The van der Waals surface area contributed by atoms with Gasteiger partial charge in [-0.3, -0.25) is 9.59 Å². The lowest BCUT2D eigenvalue weighted by Crippen LogP contribution is -2.48. The largest absolute Gasteiger partial charge is 0.369 e. The maximum Gasteiger partial charge on any atom is 0.239 e. The van der Waals surface area contributed by atoms with E-state index in [1.54, 1.807) is 4.90 Å². The van der Waals surface area contributed by atoms with E-state index in [0.29, 0.717) is 38.3 Å². The molecule has 4 N–H and O–H groups in total. The van der Waals surface area contributed by atoms with E-state index in [1.807, 2.05) is 13.8 Å². The third-order valence-electron chi connectivity index (χ3n) is 3.25. The molecule has 1 aliphatic heterocycles. The lowest BCUT2D eigenvalue weighted by Gasteiger charge is -2.32. The van der Waals surface area contributed by atoms with Gasteiger partial charge in [0, 0.05) is 19.0 Å². The molecular formula is C12H23N3O2. The Morgan fingerprint density at radius 2 is 1.82 bits per heavy atom. The molecule has 1 atom stereocenters. The summed E-state index contributed by atoms with van der Waals surface area (Å²) in [7, 11) is 0. The predicted molar refractivity (Wildman–Crippen MR) is 65.9 cm³/mol. The van der Waals surface area contributed by atoms with Gasteiger partial charge in [-0.05, 0) is 25.2 Å². The lowest BCUT2D eigenvalue weighted by atomic mass is 9.95. The molecule has 0 aromatic carbocycles. The van der Waals surface area contributed by atoms with Crippen molar-refractivity contribution in [3.05, 3.63) is 0 Å². The summed E-state index contributed by atoms with van der Waals surface area (Å²) < 4.78 is 0. The SMILES string of the molecule is CC(C)C[C@H](N)C(=O)N1CCC(C(N)=O)CC1. The normalized spacial score (nSPS) is 19.4. The molecule has 17 heavy (non-hydrogen) atoms. The van der Waals surface area contributed by atoms with E-state index in [0.717, 1.165) is 0 Å². The summed E-state index contributed by atoms with van der Waals surface area (Å²) in [6, 6.07) is -0.417. The van der Waals surface area contributed by atoms with E-state index in [9.17, 15) is 9.59 Å². The number of carbonyl (C=O) groups excluding carboxylic acids is 2. The molecular weight excluding hydrogens is 218 g/mol. The molecule has 0 aromatic rings. The Kier molecular flexibility index (Phi) is 4.93. The molecule has 1 aliphatic rings. The van der Waals surface area contributed by atoms with Crippen molar-refractivity contribution in [1.29, 1.82) is 0 Å². The fourth-order valence-electron chi connectivity index (χ4n) is 2.23. The molecule has 0 saturated carbocycles. The van der Waals surface area contributed by atoms with Crippen molar-refractivity contribution < 1.29 is 9.59 Å². The van der Waals surface area contributed by atoms with Gasteiger partial charge in [0.25, 0.3) is 0 Å². The maximum absolute atomic E-state index is 12.0. The van der Waals surface area contributed by atoms with Crippen LogP contribution in [0.1, 0.15) is 33.1 Å². The van der Waals surface area contributed by atoms with Crippen LogP contribution in [-0.2, 0) is 9.59 Å². The second-order valence-electron chi connectivity index (χ2n) is 5.24. The Balaban J connectivity index is 2.43. The summed E-state index contributed by atoms with van der Waals surface area (Å²) >= 11 is 0. The highest BCUT2D eigenvalue weighted by molar-refractivity contribution is 5.82. The van der Waals surface area contributed by atoms with Gasteiger partial charge >= 0.3 is 0 Å². The third kappa shape index (κ3) is 4.00. The first-order valence-corrected chi connectivity index (χ1v) is 6.25. The highest BCUT2D eigenvalue weighted by atomic mass is 16.2. The summed E-state index contributed by atoms with van der Waals surface area (Å²) in [6.07, 6.45) is 2.03. The van der Waals surface area contributed by atoms with Crippen LogP contribution < -0.4 is 11.5 Å². The average molecular weight is 241 g/mol. The Bertz CT molecular complexity index is 283. The number of primary amides is 1. The van der Waals surface area contributed by atoms with Crippen molar-refractivity contribution in [2.24, 2.45) is 23.3 Å². The quantitative estimate of drug-likeness (QED) is 0.730. The monoisotopic (exact) mass is 241 g/mol. The highest BCUT2D eigenvalue weighted by Crippen LogP contribution is 2.18. The van der Waals surface area contributed by atoms with Crippen molar-refractivity contribution in [3.63, 3.8) is 0 Å². The molecule has 0 aromatic heterocycles. The molecule has 0 unspecified atom stereocenters. The molecule has 1 saturated heterocycles. The summed E-state index contributed by atoms with van der Waals surface area (Å²) in [5.74, 6) is 0.0719. The van der Waals surface area contributed by atoms with E-state index in [2.05, 4.69) is 0 Å². The predicted octanol–water partition coefficient (Wildman–Crippen LogP) is 0.0837. The van der Waals surface area contributed by atoms with Gasteiger partial charge in [0.05, 0.1) is 6.04 Å². The van der Waals surface area contributed by atoms with Crippen molar-refractivity contribution in [2.45, 2.75) is 39.2 Å². The maximum atomic E-state index is 12.0. The zero-order valence-electron chi connectivity index (χ0n) is 10.7. The average Bonchev–Trinajstić information content (AvgIpc) is 2.27. The molecule has 0 radical (unpaired) electrons. The third-order valence-corrected chi connectivity index (χ3v) is 3.25. The number of hydrogen-bond acceptors (Lipinski definition) is 3. The van der Waals surface area contributed by atoms with E-state index >= 15 is 0 Å². The van der Waals surface area contributed by atoms with Crippen LogP contribution >= 0.6 is 0 Å². The first-order valence-electron chi connectivity index (χ1n) is 6.25. The standard InChI is InChI=1S/C12H23N3O2/c1-8(2)7-10(13)12(17)15-5-3-9(4-6-15)11(14)16/h8-10H,3-7,13H2,1-2H3,(H2,14,16)/t10-/m0/s1. The number of rotatable bonds is 4. The van der Waals surface area contributed by atoms with Crippen molar-refractivity contribution >= 4 is 11.8 Å². The van der Waals surface area contributed by atoms with Crippen molar-refractivity contribution in [3.8, 4) is 0 Å². The van der Waals surface area contributed by atoms with E-state index in [1.165, 1.54) is 0 Å². The minimum absolute atomic E-state index is 0.00150. The fraction of sp³-hybridized carbons (Fsp3) is 0.833. The Morgan fingerprint density at radius 3 is 2.24 bits per heavy atom. The van der Waals surface area contributed by atoms with Gasteiger partial charge < -0.3 is 16.4 Å². The first-order chi connectivity index (χ1) is 7.91. The van der Waals surface area contributed by atoms with Crippen LogP contribution in [0.5, 0.6) is 0 Å². The van der Waals surface area contributed by atoms with Gasteiger partial charge in [-0.1, -0.05) is 13.8 Å². The number of carbonyl (C=O) groups is 2. The minimum atomic E-state index is -0.417. The topological polar surface area (TPSA) is 89.4 Å². The zero-order chi connectivity index (χ0) is 13.0. The van der Waals surface area contributed by atoms with E-state index in [-0.39, 0.29) is 17.7 Å². The second kappa shape index (κ2) is 6.00. The van der Waals surface area contributed by atoms with Crippen LogP contribution in [0.3, 0.4) is 0 Å². The number of nitrogens with two attached hydrogens (primary N) is 2. The van der Waals surface area contributed by atoms with Gasteiger partial charge in [0.1, 0.15) is 0 Å². The Labute approximate surface area is 103 Å². The Hall–Kier alpha value is -1.10. The summed E-state index contributed by atoms with van der Waals surface area (Å²) in [4.78, 5) is 24.8. The van der Waals surface area contributed by atoms with Crippen LogP contribution in [0.4, 0.5) is 0 Å². The fourth-order valence-corrected chi connectivity index (χ4v) is 2.23. The molecule has 1 fully saturated rings. The second-order valence-corrected chi connectivity index (χ2v) is 5.24. The zero-order valence-corrected chi connectivity index (χ0v) is 10.7. The van der Waals surface area contributed by atoms with Crippen LogP contribution in [0.2, 0.25) is 0 Å². The number of piperidine rings is 1. The summed E-state index contributed by atoms with van der Waals surface area (Å²) in [6.45, 7) is 5.29. The molecule has 0 bridgehead atoms. The van der Waals surface area contributed by atoms with Crippen molar-refractivity contribution in [2.75, 3.05) is 13.1 Å². The summed E-state index contributed by atoms with van der Waals surface area (Å²) in [5.41, 5.74) is 11.1. The van der Waals surface area contributed by atoms with Gasteiger partial charge in [-0.25, -0.2) is 0 Å². The van der Waals surface area contributed by atoms with Crippen LogP contribution in [-0.4, -0.2) is 35.8 Å². The lowest BCUT2D eigenvalue weighted by molar-refractivity contribution is -0.136. The van der Waals surface area contributed by atoms with Gasteiger partial charge in [0.15, 0.2) is 0 Å². The Morgan fingerprint density at radius 1 is 1.29 bits per heavy atom. The molecule has 0 spiro atoms.